The van der Waals surface area contributed by atoms with Gasteiger partial charge in [0.1, 0.15) is 0 Å². The highest BCUT2D eigenvalue weighted by Gasteiger charge is 2.19. The summed E-state index contributed by atoms with van der Waals surface area (Å²) >= 11 is 5.80. The van der Waals surface area contributed by atoms with Gasteiger partial charge in [-0.15, -0.1) is 11.6 Å². The third-order valence-corrected chi connectivity index (χ3v) is 5.09. The molecule has 0 saturated carbocycles. The summed E-state index contributed by atoms with van der Waals surface area (Å²) in [5.41, 5.74) is 5.69. The van der Waals surface area contributed by atoms with Gasteiger partial charge in [-0.05, 0) is 69.1 Å². The van der Waals surface area contributed by atoms with Gasteiger partial charge in [-0.25, -0.2) is 0 Å². The van der Waals surface area contributed by atoms with E-state index in [1.54, 1.807) is 0 Å². The summed E-state index contributed by atoms with van der Waals surface area (Å²) in [5, 5.41) is 0. The third-order valence-electron chi connectivity index (χ3n) is 4.82. The fraction of sp³-hybridized carbons (Fsp3) is 0.429. The molecule has 1 heterocycles. The molecule has 0 radical (unpaired) electrons. The van der Waals surface area contributed by atoms with Gasteiger partial charge in [-0.1, -0.05) is 36.4 Å². The van der Waals surface area contributed by atoms with Crippen LogP contribution in [0, 0.1) is 0 Å². The van der Waals surface area contributed by atoms with Gasteiger partial charge in [0.05, 0.1) is 0 Å². The van der Waals surface area contributed by atoms with Gasteiger partial charge in [-0.3, -0.25) is 0 Å². The van der Waals surface area contributed by atoms with Crippen LogP contribution in [0.2, 0.25) is 0 Å². The van der Waals surface area contributed by atoms with Crippen molar-refractivity contribution in [2.75, 3.05) is 37.5 Å². The lowest BCUT2D eigenvalue weighted by Gasteiger charge is -2.28. The summed E-state index contributed by atoms with van der Waals surface area (Å²) in [6.45, 7) is 3.24. The number of halogens is 1. The summed E-state index contributed by atoms with van der Waals surface area (Å²) in [6.07, 6.45) is 4.47. The summed E-state index contributed by atoms with van der Waals surface area (Å²) in [7, 11) is 2.19. The lowest BCUT2D eigenvalue weighted by atomic mass is 10.0. The number of benzene rings is 2. The first-order valence-electron chi connectivity index (χ1n) is 8.97. The van der Waals surface area contributed by atoms with E-state index in [-0.39, 0.29) is 0 Å². The van der Waals surface area contributed by atoms with Gasteiger partial charge in [0.2, 0.25) is 0 Å². The molecule has 2 aromatic carbocycles. The first kappa shape index (κ1) is 17.3. The Bertz CT molecular complexity index is 608. The Hall–Kier alpha value is -1.51. The van der Waals surface area contributed by atoms with E-state index in [9.17, 15) is 0 Å². The highest BCUT2D eigenvalue weighted by atomic mass is 35.5. The molecule has 24 heavy (non-hydrogen) atoms. The molecule has 0 fully saturated rings. The van der Waals surface area contributed by atoms with Crippen LogP contribution < -0.4 is 4.90 Å². The molecular formula is C21H27ClN2. The number of hydrogen-bond donors (Lipinski definition) is 0. The van der Waals surface area contributed by atoms with Gasteiger partial charge < -0.3 is 9.80 Å². The normalized spacial score (nSPS) is 13.5. The van der Waals surface area contributed by atoms with Crippen molar-refractivity contribution >= 4 is 23.0 Å². The van der Waals surface area contributed by atoms with Crippen LogP contribution in [-0.2, 0) is 12.8 Å². The fourth-order valence-electron chi connectivity index (χ4n) is 3.55. The molecule has 0 saturated heterocycles. The first-order valence-corrected chi connectivity index (χ1v) is 9.51. The minimum Gasteiger partial charge on any atom is -0.341 e. The largest absolute Gasteiger partial charge is 0.341 e. The van der Waals surface area contributed by atoms with Crippen molar-refractivity contribution in [3.8, 4) is 0 Å². The van der Waals surface area contributed by atoms with E-state index in [1.807, 2.05) is 0 Å². The number of rotatable bonds is 7. The van der Waals surface area contributed by atoms with Crippen LogP contribution in [0.25, 0.3) is 0 Å². The monoisotopic (exact) mass is 342 g/mol. The predicted octanol–water partition coefficient (Wildman–Crippen LogP) is 4.87. The molecule has 0 spiro atoms. The maximum atomic E-state index is 5.80. The van der Waals surface area contributed by atoms with Crippen molar-refractivity contribution in [1.82, 2.24) is 4.90 Å². The van der Waals surface area contributed by atoms with Gasteiger partial charge >= 0.3 is 0 Å². The fourth-order valence-corrected chi connectivity index (χ4v) is 3.67. The number of fused-ring (bicyclic) bond motifs is 2. The van der Waals surface area contributed by atoms with Crippen LogP contribution in [0.3, 0.4) is 0 Å². The Labute approximate surface area is 151 Å². The van der Waals surface area contributed by atoms with Crippen LogP contribution in [0.4, 0.5) is 11.4 Å². The Kier molecular flexibility index (Phi) is 6.17. The predicted molar refractivity (Wildman–Crippen MR) is 105 cm³/mol. The van der Waals surface area contributed by atoms with Crippen molar-refractivity contribution in [3.05, 3.63) is 59.7 Å². The summed E-state index contributed by atoms with van der Waals surface area (Å²) in [4.78, 5) is 4.91. The Morgan fingerprint density at radius 2 is 1.42 bits per heavy atom. The van der Waals surface area contributed by atoms with Crippen LogP contribution in [0.1, 0.15) is 24.0 Å². The maximum Gasteiger partial charge on any atom is 0.0443 e. The second kappa shape index (κ2) is 8.55. The molecule has 3 heteroatoms. The van der Waals surface area contributed by atoms with E-state index in [1.165, 1.54) is 22.5 Å². The summed E-state index contributed by atoms with van der Waals surface area (Å²) in [6, 6.07) is 17.7. The topological polar surface area (TPSA) is 6.48 Å². The van der Waals surface area contributed by atoms with Crippen LogP contribution >= 0.6 is 11.6 Å². The molecule has 1 aliphatic rings. The van der Waals surface area contributed by atoms with Crippen molar-refractivity contribution in [2.24, 2.45) is 0 Å². The third kappa shape index (κ3) is 4.12. The van der Waals surface area contributed by atoms with Gasteiger partial charge in [0.15, 0.2) is 0 Å². The average molecular weight is 343 g/mol. The lowest BCUT2D eigenvalue weighted by Crippen LogP contribution is -2.26. The number of hydrogen-bond acceptors (Lipinski definition) is 2. The van der Waals surface area contributed by atoms with E-state index in [0.717, 1.165) is 51.2 Å². The molecule has 0 amide bonds. The smallest absolute Gasteiger partial charge is 0.0443 e. The molecule has 0 aliphatic carbocycles. The zero-order valence-corrected chi connectivity index (χ0v) is 15.3. The number of alkyl halides is 1. The highest BCUT2D eigenvalue weighted by Crippen LogP contribution is 2.35. The molecule has 0 atom stereocenters. The molecule has 0 bridgehead atoms. The number of aryl methyl sites for hydroxylation is 2. The maximum absolute atomic E-state index is 5.80. The SMILES string of the molecule is CN(CCCCl)CCCN1c2ccccc2CCc2ccccc21. The molecule has 128 valence electrons. The van der Waals surface area contributed by atoms with Gasteiger partial charge in [-0.2, -0.15) is 0 Å². The van der Waals surface area contributed by atoms with E-state index in [2.05, 4.69) is 65.4 Å². The molecule has 3 rings (SSSR count). The molecular weight excluding hydrogens is 316 g/mol. The second-order valence-corrected chi connectivity index (χ2v) is 6.99. The van der Waals surface area contributed by atoms with Crippen molar-refractivity contribution in [1.29, 1.82) is 0 Å². The van der Waals surface area contributed by atoms with Crippen LogP contribution in [0.15, 0.2) is 48.5 Å². The molecule has 0 aromatic heterocycles. The Morgan fingerprint density at radius 1 is 0.875 bits per heavy atom. The highest BCUT2D eigenvalue weighted by molar-refractivity contribution is 6.17. The number of nitrogens with zero attached hydrogens (tertiary/aromatic N) is 2. The molecule has 2 nitrogen and oxygen atoms in total. The lowest BCUT2D eigenvalue weighted by molar-refractivity contribution is 0.332. The van der Waals surface area contributed by atoms with Gasteiger partial charge in [0, 0.05) is 23.8 Å². The quantitative estimate of drug-likeness (QED) is 0.662. The number of anilines is 2. The number of para-hydroxylation sites is 2. The van der Waals surface area contributed by atoms with Crippen molar-refractivity contribution in [2.45, 2.75) is 25.7 Å². The molecule has 0 unspecified atom stereocenters. The standard InChI is InChI=1S/C21H27ClN2/c1-23(15-6-14-22)16-7-17-24-20-10-4-2-8-18(20)12-13-19-9-3-5-11-21(19)24/h2-5,8-11H,6-7,12-17H2,1H3. The van der Waals surface area contributed by atoms with E-state index >= 15 is 0 Å². The average Bonchev–Trinajstić information content (AvgIpc) is 2.78. The van der Waals surface area contributed by atoms with E-state index in [0.29, 0.717) is 0 Å². The van der Waals surface area contributed by atoms with E-state index in [4.69, 9.17) is 11.6 Å². The summed E-state index contributed by atoms with van der Waals surface area (Å²) in [5.74, 6) is 0.747. The van der Waals surface area contributed by atoms with Gasteiger partial charge in [0.25, 0.3) is 0 Å². The summed E-state index contributed by atoms with van der Waals surface area (Å²) < 4.78 is 0. The van der Waals surface area contributed by atoms with Crippen LogP contribution in [-0.4, -0.2) is 37.5 Å². The van der Waals surface area contributed by atoms with Crippen LogP contribution in [0.5, 0.6) is 0 Å². The minimum absolute atomic E-state index is 0.747. The molecule has 2 aromatic rings. The Balaban J connectivity index is 1.76. The van der Waals surface area contributed by atoms with E-state index < -0.39 is 0 Å². The molecule has 1 aliphatic heterocycles. The minimum atomic E-state index is 0.747. The molecule has 0 N–H and O–H groups in total. The zero-order chi connectivity index (χ0) is 16.8. The zero-order valence-electron chi connectivity index (χ0n) is 14.5. The Morgan fingerprint density at radius 3 is 2.00 bits per heavy atom. The first-order chi connectivity index (χ1) is 11.8. The van der Waals surface area contributed by atoms with Crippen molar-refractivity contribution < 1.29 is 0 Å². The van der Waals surface area contributed by atoms with Crippen molar-refractivity contribution in [3.63, 3.8) is 0 Å². The second-order valence-electron chi connectivity index (χ2n) is 6.61.